The van der Waals surface area contributed by atoms with E-state index in [1.807, 2.05) is 19.1 Å². The third-order valence-corrected chi connectivity index (χ3v) is 6.77. The average molecular weight is 439 g/mol. The molecule has 0 saturated heterocycles. The second-order valence-corrected chi connectivity index (χ2v) is 9.12. The first-order valence-electron chi connectivity index (χ1n) is 10.9. The summed E-state index contributed by atoms with van der Waals surface area (Å²) in [7, 11) is 1.72. The molecule has 1 saturated carbocycles. The standard InChI is InChI=1S/C24H30N4O2S/c1-17-14-21(18(2)27(17)12-7-13-30-3)22(29)16-31-24-26-25-23(20-10-11-20)28(24)15-19-8-5-4-6-9-19/h4-6,8-9,14,20H,7,10-13,15-16H2,1-3H3. The number of ketones is 1. The van der Waals surface area contributed by atoms with Crippen molar-refractivity contribution in [2.45, 2.75) is 57.3 Å². The molecule has 0 N–H and O–H groups in total. The number of benzene rings is 1. The van der Waals surface area contributed by atoms with E-state index in [0.29, 0.717) is 11.7 Å². The largest absolute Gasteiger partial charge is 0.385 e. The normalized spacial score (nSPS) is 13.6. The van der Waals surface area contributed by atoms with Crippen molar-refractivity contribution in [3.05, 3.63) is 64.7 Å². The molecule has 2 heterocycles. The fraction of sp³-hybridized carbons (Fsp3) is 0.458. The van der Waals surface area contributed by atoms with Gasteiger partial charge in [0.2, 0.25) is 0 Å². The van der Waals surface area contributed by atoms with Crippen molar-refractivity contribution in [2.75, 3.05) is 19.5 Å². The second-order valence-electron chi connectivity index (χ2n) is 8.18. The minimum atomic E-state index is 0.137. The fourth-order valence-corrected chi connectivity index (χ4v) is 4.80. The molecule has 0 spiro atoms. The number of Topliss-reactive ketones (excluding diaryl/α,β-unsaturated/α-hetero) is 1. The molecule has 31 heavy (non-hydrogen) atoms. The van der Waals surface area contributed by atoms with E-state index >= 15 is 0 Å². The van der Waals surface area contributed by atoms with Crippen molar-refractivity contribution in [2.24, 2.45) is 0 Å². The van der Waals surface area contributed by atoms with Gasteiger partial charge in [0.05, 0.1) is 12.3 Å². The Morgan fingerprint density at radius 1 is 1.16 bits per heavy atom. The molecule has 0 radical (unpaired) electrons. The molecule has 7 heteroatoms. The predicted octanol–water partition coefficient (Wildman–Crippen LogP) is 4.63. The number of thioether (sulfide) groups is 1. The number of carbonyl (C=O) groups is 1. The summed E-state index contributed by atoms with van der Waals surface area (Å²) < 4.78 is 9.57. The molecule has 2 aromatic heterocycles. The van der Waals surface area contributed by atoms with Gasteiger partial charge in [0.15, 0.2) is 10.9 Å². The zero-order valence-electron chi connectivity index (χ0n) is 18.5. The van der Waals surface area contributed by atoms with Gasteiger partial charge in [-0.3, -0.25) is 4.79 Å². The highest BCUT2D eigenvalue weighted by Crippen LogP contribution is 2.40. The van der Waals surface area contributed by atoms with E-state index < -0.39 is 0 Å². The Morgan fingerprint density at radius 3 is 2.65 bits per heavy atom. The molecule has 4 rings (SSSR count). The van der Waals surface area contributed by atoms with E-state index in [0.717, 1.165) is 54.0 Å². The summed E-state index contributed by atoms with van der Waals surface area (Å²) in [6, 6.07) is 12.4. The Bertz CT molecular complexity index is 1040. The number of carbonyl (C=O) groups excluding carboxylic acids is 1. The molecule has 1 fully saturated rings. The van der Waals surface area contributed by atoms with Gasteiger partial charge in [0, 0.05) is 43.1 Å². The van der Waals surface area contributed by atoms with Gasteiger partial charge in [-0.25, -0.2) is 0 Å². The van der Waals surface area contributed by atoms with Crippen LogP contribution in [0.15, 0.2) is 41.6 Å². The molecule has 1 aliphatic rings. The summed E-state index contributed by atoms with van der Waals surface area (Å²) in [5.41, 5.74) is 4.17. The van der Waals surface area contributed by atoms with Crippen LogP contribution >= 0.6 is 11.8 Å². The van der Waals surface area contributed by atoms with Crippen LogP contribution in [0.1, 0.15) is 58.3 Å². The molecule has 164 valence electrons. The summed E-state index contributed by atoms with van der Waals surface area (Å²) in [6.07, 6.45) is 3.28. The van der Waals surface area contributed by atoms with Crippen molar-refractivity contribution >= 4 is 17.5 Å². The molecule has 3 aromatic rings. The molecular weight excluding hydrogens is 408 g/mol. The van der Waals surface area contributed by atoms with Crippen LogP contribution in [0.3, 0.4) is 0 Å². The van der Waals surface area contributed by atoms with Crippen LogP contribution in [0.5, 0.6) is 0 Å². The molecule has 1 aromatic carbocycles. The third kappa shape index (κ3) is 5.10. The predicted molar refractivity (Wildman–Crippen MR) is 123 cm³/mol. The lowest BCUT2D eigenvalue weighted by molar-refractivity contribution is 0.102. The summed E-state index contributed by atoms with van der Waals surface area (Å²) in [5.74, 6) is 2.06. The Balaban J connectivity index is 1.47. The molecule has 1 aliphatic carbocycles. The highest BCUT2D eigenvalue weighted by Gasteiger charge is 2.30. The van der Waals surface area contributed by atoms with Gasteiger partial charge >= 0.3 is 0 Å². The number of methoxy groups -OCH3 is 1. The van der Waals surface area contributed by atoms with Crippen molar-refractivity contribution < 1.29 is 9.53 Å². The van der Waals surface area contributed by atoms with Gasteiger partial charge in [0.1, 0.15) is 5.82 Å². The Morgan fingerprint density at radius 2 is 1.94 bits per heavy atom. The molecule has 0 aliphatic heterocycles. The minimum Gasteiger partial charge on any atom is -0.385 e. The van der Waals surface area contributed by atoms with Crippen molar-refractivity contribution in [3.63, 3.8) is 0 Å². The number of hydrogen-bond acceptors (Lipinski definition) is 5. The SMILES string of the molecule is COCCCn1c(C)cc(C(=O)CSc2nnc(C3CC3)n2Cc2ccccc2)c1C. The maximum atomic E-state index is 13.0. The molecule has 0 bridgehead atoms. The van der Waals surface area contributed by atoms with Crippen molar-refractivity contribution in [3.8, 4) is 0 Å². The topological polar surface area (TPSA) is 61.9 Å². The molecule has 0 unspecified atom stereocenters. The number of aryl methyl sites for hydroxylation is 1. The second kappa shape index (κ2) is 9.83. The first-order valence-corrected chi connectivity index (χ1v) is 11.9. The van der Waals surface area contributed by atoms with Crippen molar-refractivity contribution in [1.29, 1.82) is 0 Å². The van der Waals surface area contributed by atoms with E-state index in [9.17, 15) is 4.79 Å². The van der Waals surface area contributed by atoms with Gasteiger partial charge in [-0.2, -0.15) is 0 Å². The first kappa shape index (κ1) is 21.8. The molecule has 0 amide bonds. The summed E-state index contributed by atoms with van der Waals surface area (Å²) in [6.45, 7) is 6.41. The highest BCUT2D eigenvalue weighted by atomic mass is 32.2. The van der Waals surface area contributed by atoms with Crippen LogP contribution in [0.2, 0.25) is 0 Å². The monoisotopic (exact) mass is 438 g/mol. The van der Waals surface area contributed by atoms with E-state index in [2.05, 4.69) is 50.5 Å². The summed E-state index contributed by atoms with van der Waals surface area (Å²) in [4.78, 5) is 13.0. The molecular formula is C24H30N4O2S. The zero-order valence-corrected chi connectivity index (χ0v) is 19.3. The Hall–Kier alpha value is -2.38. The maximum absolute atomic E-state index is 13.0. The van der Waals surface area contributed by atoms with Crippen LogP contribution in [-0.4, -0.2) is 44.6 Å². The van der Waals surface area contributed by atoms with E-state index in [4.69, 9.17) is 4.74 Å². The number of hydrogen-bond donors (Lipinski definition) is 0. The number of aromatic nitrogens is 4. The lowest BCUT2D eigenvalue weighted by Crippen LogP contribution is -2.09. The van der Waals surface area contributed by atoms with Crippen LogP contribution in [0.4, 0.5) is 0 Å². The van der Waals surface area contributed by atoms with Crippen LogP contribution < -0.4 is 0 Å². The van der Waals surface area contributed by atoms with Crippen LogP contribution in [-0.2, 0) is 17.8 Å². The lowest BCUT2D eigenvalue weighted by Gasteiger charge is -2.10. The number of rotatable bonds is 11. The van der Waals surface area contributed by atoms with Gasteiger partial charge in [-0.1, -0.05) is 42.1 Å². The van der Waals surface area contributed by atoms with Crippen molar-refractivity contribution in [1.82, 2.24) is 19.3 Å². The Labute approximate surface area is 188 Å². The summed E-state index contributed by atoms with van der Waals surface area (Å²) >= 11 is 1.49. The quantitative estimate of drug-likeness (QED) is 0.248. The lowest BCUT2D eigenvalue weighted by atomic mass is 10.2. The molecule has 0 atom stereocenters. The van der Waals surface area contributed by atoms with Crippen LogP contribution in [0.25, 0.3) is 0 Å². The van der Waals surface area contributed by atoms with Gasteiger partial charge in [0.25, 0.3) is 0 Å². The maximum Gasteiger partial charge on any atom is 0.191 e. The van der Waals surface area contributed by atoms with Gasteiger partial charge in [-0.05, 0) is 44.7 Å². The molecule has 6 nitrogen and oxygen atoms in total. The minimum absolute atomic E-state index is 0.137. The van der Waals surface area contributed by atoms with E-state index in [1.54, 1.807) is 7.11 Å². The first-order chi connectivity index (χ1) is 15.1. The average Bonchev–Trinajstić information content (AvgIpc) is 3.48. The summed E-state index contributed by atoms with van der Waals surface area (Å²) in [5, 5.41) is 9.73. The highest BCUT2D eigenvalue weighted by molar-refractivity contribution is 7.99. The Kier molecular flexibility index (Phi) is 6.92. The smallest absolute Gasteiger partial charge is 0.191 e. The van der Waals surface area contributed by atoms with E-state index in [-0.39, 0.29) is 5.78 Å². The van der Waals surface area contributed by atoms with Gasteiger partial charge < -0.3 is 13.9 Å². The zero-order chi connectivity index (χ0) is 21.8. The van der Waals surface area contributed by atoms with Gasteiger partial charge in [-0.15, -0.1) is 10.2 Å². The number of ether oxygens (including phenoxy) is 1. The van der Waals surface area contributed by atoms with Crippen LogP contribution in [0, 0.1) is 13.8 Å². The fourth-order valence-electron chi connectivity index (χ4n) is 3.97. The number of nitrogens with zero attached hydrogens (tertiary/aromatic N) is 4. The third-order valence-electron chi connectivity index (χ3n) is 5.81. The van der Waals surface area contributed by atoms with E-state index in [1.165, 1.54) is 30.2 Å².